The molecule has 0 saturated heterocycles. The highest BCUT2D eigenvalue weighted by atomic mass is 19.4. The van der Waals surface area contributed by atoms with Gasteiger partial charge in [0.15, 0.2) is 0 Å². The fourth-order valence-corrected chi connectivity index (χ4v) is 3.70. The van der Waals surface area contributed by atoms with E-state index >= 15 is 0 Å². The molecule has 2 nitrogen and oxygen atoms in total. The average molecular weight is 397 g/mol. The lowest BCUT2D eigenvalue weighted by Gasteiger charge is -2.14. The van der Waals surface area contributed by atoms with Crippen LogP contribution in [0.5, 0.6) is 0 Å². The van der Waals surface area contributed by atoms with Gasteiger partial charge in [-0.25, -0.2) is 0 Å². The Hall–Kier alpha value is -2.82. The maximum absolute atomic E-state index is 12.9. The van der Waals surface area contributed by atoms with E-state index in [9.17, 15) is 18.0 Å². The summed E-state index contributed by atoms with van der Waals surface area (Å²) >= 11 is 0. The van der Waals surface area contributed by atoms with Gasteiger partial charge in [-0.1, -0.05) is 30.3 Å². The van der Waals surface area contributed by atoms with Crippen LogP contribution in [-0.2, 0) is 6.18 Å². The monoisotopic (exact) mass is 397 g/mol. The first kappa shape index (κ1) is 19.5. The second-order valence-electron chi connectivity index (χ2n) is 7.94. The van der Waals surface area contributed by atoms with Crippen LogP contribution >= 0.6 is 0 Å². The van der Waals surface area contributed by atoms with E-state index in [4.69, 9.17) is 0 Å². The van der Waals surface area contributed by atoms with Crippen molar-refractivity contribution in [3.05, 3.63) is 71.3 Å². The first-order valence-electron chi connectivity index (χ1n) is 9.79. The van der Waals surface area contributed by atoms with Gasteiger partial charge in [-0.15, -0.1) is 0 Å². The summed E-state index contributed by atoms with van der Waals surface area (Å²) in [4.78, 5) is 12.5. The van der Waals surface area contributed by atoms with Gasteiger partial charge in [0.05, 0.1) is 5.56 Å². The highest BCUT2D eigenvalue weighted by Gasteiger charge is 2.30. The second-order valence-corrected chi connectivity index (χ2v) is 7.94. The molecule has 0 atom stereocenters. The molecule has 1 fully saturated rings. The summed E-state index contributed by atoms with van der Waals surface area (Å²) in [6.45, 7) is 3.83. The number of amides is 1. The molecule has 0 bridgehead atoms. The zero-order chi connectivity index (χ0) is 20.8. The predicted octanol–water partition coefficient (Wildman–Crippen LogP) is 6.54. The van der Waals surface area contributed by atoms with E-state index in [1.54, 1.807) is 6.07 Å². The van der Waals surface area contributed by atoms with Crippen molar-refractivity contribution in [1.29, 1.82) is 0 Å². The Balaban J connectivity index is 1.81. The van der Waals surface area contributed by atoms with Crippen LogP contribution < -0.4 is 5.32 Å². The first-order valence-corrected chi connectivity index (χ1v) is 9.79. The van der Waals surface area contributed by atoms with E-state index in [0.29, 0.717) is 11.5 Å². The van der Waals surface area contributed by atoms with E-state index in [1.807, 2.05) is 32.0 Å². The van der Waals surface area contributed by atoms with Crippen molar-refractivity contribution in [2.24, 2.45) is 0 Å². The molecule has 0 spiro atoms. The molecule has 4 rings (SSSR count). The van der Waals surface area contributed by atoms with Crippen molar-refractivity contribution in [2.45, 2.75) is 44.8 Å². The molecule has 5 heteroatoms. The number of hydrogen-bond donors (Lipinski definition) is 1. The zero-order valence-corrected chi connectivity index (χ0v) is 16.3. The zero-order valence-electron chi connectivity index (χ0n) is 16.3. The summed E-state index contributed by atoms with van der Waals surface area (Å²) < 4.78 is 38.7. The third kappa shape index (κ3) is 4.00. The number of rotatable bonds is 4. The number of carbonyl (C=O) groups excluding carboxylic acids is 1. The molecule has 1 N–H and O–H groups in total. The molecular formula is C24H22F3NO. The number of carbonyl (C=O) groups is 1. The molecule has 1 saturated carbocycles. The van der Waals surface area contributed by atoms with Crippen LogP contribution in [-0.4, -0.2) is 11.9 Å². The molecule has 3 aromatic rings. The van der Waals surface area contributed by atoms with Crippen LogP contribution in [0.3, 0.4) is 0 Å². The van der Waals surface area contributed by atoms with E-state index in [0.717, 1.165) is 46.9 Å². The number of fused-ring (bicyclic) bond motifs is 1. The Kier molecular flexibility index (Phi) is 4.85. The van der Waals surface area contributed by atoms with Crippen LogP contribution in [0.2, 0.25) is 0 Å². The minimum Gasteiger partial charge on any atom is -0.350 e. The molecule has 1 aliphatic carbocycles. The lowest BCUT2D eigenvalue weighted by Crippen LogP contribution is -2.30. The minimum atomic E-state index is -4.35. The van der Waals surface area contributed by atoms with Gasteiger partial charge in [0, 0.05) is 11.6 Å². The lowest BCUT2D eigenvalue weighted by molar-refractivity contribution is -0.137. The van der Waals surface area contributed by atoms with Crippen LogP contribution in [0.4, 0.5) is 13.2 Å². The van der Waals surface area contributed by atoms with Crippen LogP contribution in [0.25, 0.3) is 21.9 Å². The van der Waals surface area contributed by atoms with E-state index in [-0.39, 0.29) is 11.9 Å². The molecular weight excluding hydrogens is 375 g/mol. The fraction of sp³-hybridized carbons (Fsp3) is 0.292. The highest BCUT2D eigenvalue weighted by molar-refractivity contribution is 6.04. The second kappa shape index (κ2) is 7.21. The van der Waals surface area contributed by atoms with Gasteiger partial charge >= 0.3 is 6.18 Å². The van der Waals surface area contributed by atoms with Crippen molar-refractivity contribution in [3.63, 3.8) is 0 Å². The number of halogens is 3. The standard InChI is InChI=1S/C24H22F3NO/c1-14(2)28-23(29)17-7-10-21-19(11-12-20(15-3-4-15)22(21)13-17)16-5-8-18(9-6-16)24(25,26)27/h5-15H,3-4H2,1-2H3,(H,28,29). The topological polar surface area (TPSA) is 29.1 Å². The third-order valence-corrected chi connectivity index (χ3v) is 5.27. The highest BCUT2D eigenvalue weighted by Crippen LogP contribution is 2.45. The minimum absolute atomic E-state index is 0.0413. The fourth-order valence-electron chi connectivity index (χ4n) is 3.70. The summed E-state index contributed by atoms with van der Waals surface area (Å²) in [5.41, 5.74) is 2.74. The Morgan fingerprint density at radius 2 is 1.66 bits per heavy atom. The van der Waals surface area contributed by atoms with Gasteiger partial charge in [0.2, 0.25) is 0 Å². The molecule has 0 aliphatic heterocycles. The first-order chi connectivity index (χ1) is 13.7. The van der Waals surface area contributed by atoms with Gasteiger partial charge in [0.25, 0.3) is 5.91 Å². The summed E-state index contributed by atoms with van der Waals surface area (Å²) in [7, 11) is 0. The molecule has 3 aromatic carbocycles. The number of nitrogens with one attached hydrogen (secondary N) is 1. The summed E-state index contributed by atoms with van der Waals surface area (Å²) in [6, 6.07) is 14.9. The number of hydrogen-bond acceptors (Lipinski definition) is 1. The third-order valence-electron chi connectivity index (χ3n) is 5.27. The van der Waals surface area contributed by atoms with Crippen LogP contribution in [0, 0.1) is 0 Å². The van der Waals surface area contributed by atoms with E-state index < -0.39 is 11.7 Å². The Bertz CT molecular complexity index is 1060. The molecule has 0 unspecified atom stereocenters. The van der Waals surface area contributed by atoms with E-state index in [2.05, 4.69) is 11.4 Å². The lowest BCUT2D eigenvalue weighted by atomic mass is 9.91. The molecule has 0 radical (unpaired) electrons. The smallest absolute Gasteiger partial charge is 0.350 e. The van der Waals surface area contributed by atoms with Gasteiger partial charge < -0.3 is 5.32 Å². The molecule has 0 aromatic heterocycles. The SMILES string of the molecule is CC(C)NC(=O)c1ccc2c(-c3ccc(C(F)(F)F)cc3)ccc(C3CC3)c2c1. The van der Waals surface area contributed by atoms with Crippen molar-refractivity contribution in [2.75, 3.05) is 0 Å². The van der Waals surface area contributed by atoms with Crippen molar-refractivity contribution in [1.82, 2.24) is 5.32 Å². The largest absolute Gasteiger partial charge is 0.416 e. The van der Waals surface area contributed by atoms with Gasteiger partial charge in [-0.3, -0.25) is 4.79 Å². The summed E-state index contributed by atoms with van der Waals surface area (Å²) in [5.74, 6) is 0.367. The maximum Gasteiger partial charge on any atom is 0.416 e. The number of benzene rings is 3. The Labute approximate surface area is 167 Å². The van der Waals surface area contributed by atoms with Crippen LogP contribution in [0.1, 0.15) is 54.1 Å². The van der Waals surface area contributed by atoms with Crippen LogP contribution in [0.15, 0.2) is 54.6 Å². The average Bonchev–Trinajstić information content (AvgIpc) is 3.50. The molecule has 1 aliphatic rings. The predicted molar refractivity (Wildman–Crippen MR) is 109 cm³/mol. The van der Waals surface area contributed by atoms with Crippen molar-refractivity contribution < 1.29 is 18.0 Å². The van der Waals surface area contributed by atoms with Crippen molar-refractivity contribution >= 4 is 16.7 Å². The quantitative estimate of drug-likeness (QED) is 0.532. The molecule has 0 heterocycles. The normalized spacial score (nSPS) is 14.4. The van der Waals surface area contributed by atoms with Crippen molar-refractivity contribution in [3.8, 4) is 11.1 Å². The molecule has 150 valence electrons. The summed E-state index contributed by atoms with van der Waals surface area (Å²) in [6.07, 6.45) is -2.11. The van der Waals surface area contributed by atoms with Gasteiger partial charge in [-0.05, 0) is 84.3 Å². The molecule has 1 amide bonds. The van der Waals surface area contributed by atoms with Gasteiger partial charge in [-0.2, -0.15) is 13.2 Å². The Morgan fingerprint density at radius 1 is 0.966 bits per heavy atom. The van der Waals surface area contributed by atoms with Gasteiger partial charge in [0.1, 0.15) is 0 Å². The summed E-state index contributed by atoms with van der Waals surface area (Å²) in [5, 5.41) is 4.86. The molecule has 29 heavy (non-hydrogen) atoms. The Morgan fingerprint density at radius 3 is 2.24 bits per heavy atom. The van der Waals surface area contributed by atoms with E-state index in [1.165, 1.54) is 17.7 Å². The number of alkyl halides is 3. The maximum atomic E-state index is 12.9.